The highest BCUT2D eigenvalue weighted by atomic mass is 16.3. The van der Waals surface area contributed by atoms with Crippen LogP contribution in [-0.4, -0.2) is 38.7 Å². The van der Waals surface area contributed by atoms with E-state index in [1.807, 2.05) is 20.2 Å². The van der Waals surface area contributed by atoms with Gasteiger partial charge in [-0.25, -0.2) is 4.98 Å². The van der Waals surface area contributed by atoms with E-state index in [1.54, 1.807) is 0 Å². The first-order valence-electron chi connectivity index (χ1n) is 7.90. The molecule has 1 aliphatic rings. The normalized spacial score (nSPS) is 18.0. The van der Waals surface area contributed by atoms with Gasteiger partial charge in [-0.3, -0.25) is 4.90 Å². The quantitative estimate of drug-likeness (QED) is 0.807. The second kappa shape index (κ2) is 6.72. The fourth-order valence-corrected chi connectivity index (χ4v) is 2.89. The molecule has 0 radical (unpaired) electrons. The van der Waals surface area contributed by atoms with Gasteiger partial charge in [-0.2, -0.15) is 0 Å². The first-order valence-corrected chi connectivity index (χ1v) is 7.90. The summed E-state index contributed by atoms with van der Waals surface area (Å²) in [5.74, 6) is 0.737. The van der Waals surface area contributed by atoms with Crippen molar-refractivity contribution in [3.8, 4) is 0 Å². The molecule has 4 nitrogen and oxygen atoms in total. The van der Waals surface area contributed by atoms with E-state index in [0.29, 0.717) is 0 Å². The number of fused-ring (bicyclic) bond motifs is 1. The second-order valence-corrected chi connectivity index (χ2v) is 6.95. The molecule has 2 rings (SSSR count). The van der Waals surface area contributed by atoms with Gasteiger partial charge in [0.1, 0.15) is 0 Å². The van der Waals surface area contributed by atoms with Crippen LogP contribution in [-0.2, 0) is 13.0 Å². The van der Waals surface area contributed by atoms with Crippen molar-refractivity contribution in [1.29, 1.82) is 0 Å². The van der Waals surface area contributed by atoms with Crippen LogP contribution in [0.3, 0.4) is 0 Å². The van der Waals surface area contributed by atoms with Crippen LogP contribution in [0, 0.1) is 5.92 Å². The average Bonchev–Trinajstić information content (AvgIpc) is 2.82. The summed E-state index contributed by atoms with van der Waals surface area (Å²) in [6.07, 6.45) is 7.37. The van der Waals surface area contributed by atoms with Crippen molar-refractivity contribution in [3.63, 3.8) is 0 Å². The first kappa shape index (κ1) is 15.5. The maximum atomic E-state index is 9.72. The summed E-state index contributed by atoms with van der Waals surface area (Å²) in [6, 6.07) is 0. The SMILES string of the molecule is C[C@H](CCCC(C)(C)O)CCN1CCc2nc[nH]c2C1. The summed E-state index contributed by atoms with van der Waals surface area (Å²) >= 11 is 0. The fraction of sp³-hybridized carbons (Fsp3) is 0.812. The molecular formula is C16H29N3O. The molecule has 0 saturated carbocycles. The molecule has 0 saturated heterocycles. The van der Waals surface area contributed by atoms with Crippen LogP contribution in [0.15, 0.2) is 6.33 Å². The lowest BCUT2D eigenvalue weighted by molar-refractivity contribution is 0.0667. The van der Waals surface area contributed by atoms with Crippen LogP contribution < -0.4 is 0 Å². The van der Waals surface area contributed by atoms with Gasteiger partial charge in [0.05, 0.1) is 23.3 Å². The molecule has 1 atom stereocenters. The van der Waals surface area contributed by atoms with E-state index in [0.717, 1.165) is 38.3 Å². The lowest BCUT2D eigenvalue weighted by Crippen LogP contribution is -2.32. The number of aromatic amines is 1. The van der Waals surface area contributed by atoms with Crippen LogP contribution in [0.2, 0.25) is 0 Å². The zero-order valence-electron chi connectivity index (χ0n) is 13.2. The summed E-state index contributed by atoms with van der Waals surface area (Å²) in [4.78, 5) is 10.1. The second-order valence-electron chi connectivity index (χ2n) is 6.95. The van der Waals surface area contributed by atoms with Gasteiger partial charge in [-0.05, 0) is 39.2 Å². The molecule has 0 aliphatic carbocycles. The largest absolute Gasteiger partial charge is 0.390 e. The Labute approximate surface area is 122 Å². The molecule has 0 spiro atoms. The first-order chi connectivity index (χ1) is 9.44. The predicted molar refractivity (Wildman–Crippen MR) is 81.5 cm³/mol. The summed E-state index contributed by atoms with van der Waals surface area (Å²) in [5.41, 5.74) is 2.04. The number of nitrogens with one attached hydrogen (secondary N) is 1. The third kappa shape index (κ3) is 4.91. The molecule has 1 aromatic heterocycles. The van der Waals surface area contributed by atoms with Gasteiger partial charge in [0.25, 0.3) is 0 Å². The van der Waals surface area contributed by atoms with E-state index >= 15 is 0 Å². The summed E-state index contributed by atoms with van der Waals surface area (Å²) in [5, 5.41) is 9.72. The lowest BCUT2D eigenvalue weighted by atomic mass is 9.95. The Hall–Kier alpha value is -0.870. The summed E-state index contributed by atoms with van der Waals surface area (Å²) in [7, 11) is 0. The molecule has 0 amide bonds. The van der Waals surface area contributed by atoms with Gasteiger partial charge >= 0.3 is 0 Å². The highest BCUT2D eigenvalue weighted by Gasteiger charge is 2.18. The molecule has 1 aliphatic heterocycles. The van der Waals surface area contributed by atoms with Gasteiger partial charge in [0.15, 0.2) is 0 Å². The minimum atomic E-state index is -0.510. The van der Waals surface area contributed by atoms with E-state index in [4.69, 9.17) is 0 Å². The van der Waals surface area contributed by atoms with Crippen LogP contribution >= 0.6 is 0 Å². The zero-order chi connectivity index (χ0) is 14.6. The van der Waals surface area contributed by atoms with Crippen molar-refractivity contribution >= 4 is 0 Å². The van der Waals surface area contributed by atoms with E-state index in [9.17, 15) is 5.11 Å². The molecule has 0 fully saturated rings. The molecule has 0 unspecified atom stereocenters. The van der Waals surface area contributed by atoms with Crippen molar-refractivity contribution in [2.24, 2.45) is 5.92 Å². The molecule has 4 heteroatoms. The summed E-state index contributed by atoms with van der Waals surface area (Å²) < 4.78 is 0. The maximum absolute atomic E-state index is 9.72. The molecule has 1 aromatic rings. The number of hydrogen-bond acceptors (Lipinski definition) is 3. The lowest BCUT2D eigenvalue weighted by Gasteiger charge is -2.27. The smallest absolute Gasteiger partial charge is 0.0925 e. The monoisotopic (exact) mass is 279 g/mol. The van der Waals surface area contributed by atoms with Crippen molar-refractivity contribution in [3.05, 3.63) is 17.7 Å². The van der Waals surface area contributed by atoms with Gasteiger partial charge in [0.2, 0.25) is 0 Å². The Morgan fingerprint density at radius 3 is 3.00 bits per heavy atom. The number of imidazole rings is 1. The molecule has 0 aromatic carbocycles. The van der Waals surface area contributed by atoms with Crippen molar-refractivity contribution in [2.45, 2.75) is 65.0 Å². The highest BCUT2D eigenvalue weighted by Crippen LogP contribution is 2.20. The van der Waals surface area contributed by atoms with Crippen molar-refractivity contribution in [2.75, 3.05) is 13.1 Å². The Kier molecular flexibility index (Phi) is 5.22. The number of aliphatic hydroxyl groups is 1. The van der Waals surface area contributed by atoms with E-state index < -0.39 is 5.60 Å². The number of H-pyrrole nitrogens is 1. The Bertz CT molecular complexity index is 408. The predicted octanol–water partition coefficient (Wildman–Crippen LogP) is 2.74. The third-order valence-corrected chi connectivity index (χ3v) is 4.28. The van der Waals surface area contributed by atoms with Crippen LogP contribution in [0.5, 0.6) is 0 Å². The standard InChI is InChI=1S/C16H29N3O/c1-13(5-4-8-16(2,3)20)6-9-19-10-7-14-15(11-19)18-12-17-14/h12-13,20H,4-11H2,1-3H3,(H,17,18)/t13-/m1/s1. The van der Waals surface area contributed by atoms with Gasteiger partial charge in [-0.15, -0.1) is 0 Å². The number of nitrogens with zero attached hydrogens (tertiary/aromatic N) is 2. The Morgan fingerprint density at radius 2 is 2.25 bits per heavy atom. The fourth-order valence-electron chi connectivity index (χ4n) is 2.89. The van der Waals surface area contributed by atoms with Gasteiger partial charge in [0, 0.05) is 19.5 Å². The molecule has 0 bridgehead atoms. The van der Waals surface area contributed by atoms with Crippen LogP contribution in [0.25, 0.3) is 0 Å². The molecular weight excluding hydrogens is 250 g/mol. The molecule has 2 heterocycles. The minimum absolute atomic E-state index is 0.510. The van der Waals surface area contributed by atoms with Gasteiger partial charge in [-0.1, -0.05) is 19.8 Å². The third-order valence-electron chi connectivity index (χ3n) is 4.28. The van der Waals surface area contributed by atoms with Crippen molar-refractivity contribution < 1.29 is 5.11 Å². The molecule has 20 heavy (non-hydrogen) atoms. The topological polar surface area (TPSA) is 52.1 Å². The summed E-state index contributed by atoms with van der Waals surface area (Å²) in [6.45, 7) is 9.44. The minimum Gasteiger partial charge on any atom is -0.390 e. The Balaban J connectivity index is 1.63. The number of hydrogen-bond donors (Lipinski definition) is 2. The zero-order valence-corrected chi connectivity index (χ0v) is 13.2. The van der Waals surface area contributed by atoms with Crippen LogP contribution in [0.4, 0.5) is 0 Å². The number of aromatic nitrogens is 2. The van der Waals surface area contributed by atoms with Crippen molar-refractivity contribution in [1.82, 2.24) is 14.9 Å². The van der Waals surface area contributed by atoms with Gasteiger partial charge < -0.3 is 10.1 Å². The van der Waals surface area contributed by atoms with E-state index in [1.165, 1.54) is 30.8 Å². The van der Waals surface area contributed by atoms with E-state index in [2.05, 4.69) is 21.8 Å². The molecule has 114 valence electrons. The molecule has 2 N–H and O–H groups in total. The van der Waals surface area contributed by atoms with E-state index in [-0.39, 0.29) is 0 Å². The Morgan fingerprint density at radius 1 is 1.45 bits per heavy atom. The average molecular weight is 279 g/mol. The number of rotatable bonds is 7. The highest BCUT2D eigenvalue weighted by molar-refractivity contribution is 5.14. The maximum Gasteiger partial charge on any atom is 0.0925 e. The van der Waals surface area contributed by atoms with Crippen LogP contribution in [0.1, 0.15) is 57.8 Å².